The number of rotatable bonds is 4. The first kappa shape index (κ1) is 13.9. The Hall–Kier alpha value is -2.49. The van der Waals surface area contributed by atoms with Crippen molar-refractivity contribution in [3.8, 4) is 22.6 Å². The van der Waals surface area contributed by atoms with Crippen molar-refractivity contribution in [1.82, 2.24) is 0 Å². The monoisotopic (exact) mass is 271 g/mol. The molecule has 0 fully saturated rings. The Kier molecular flexibility index (Phi) is 3.94. The predicted molar refractivity (Wildman–Crippen MR) is 78.2 cm³/mol. The Morgan fingerprint density at radius 1 is 1.05 bits per heavy atom. The summed E-state index contributed by atoms with van der Waals surface area (Å²) in [6.07, 6.45) is 0. The van der Waals surface area contributed by atoms with E-state index in [1.165, 1.54) is 0 Å². The fraction of sp³-hybridized carbons (Fsp3) is 0.188. The molecule has 0 aliphatic heterocycles. The van der Waals surface area contributed by atoms with Crippen LogP contribution in [0.5, 0.6) is 11.5 Å². The number of hydrogen-bond acceptors (Lipinski definition) is 3. The first-order chi connectivity index (χ1) is 9.58. The minimum absolute atomic E-state index is 0.451. The van der Waals surface area contributed by atoms with E-state index in [1.807, 2.05) is 31.2 Å². The van der Waals surface area contributed by atoms with Crippen molar-refractivity contribution < 1.29 is 14.3 Å². The van der Waals surface area contributed by atoms with Crippen molar-refractivity contribution in [3.05, 3.63) is 47.5 Å². The highest BCUT2D eigenvalue weighted by Gasteiger charge is 2.14. The van der Waals surface area contributed by atoms with E-state index in [-0.39, 0.29) is 0 Å². The molecule has 0 aliphatic rings. The van der Waals surface area contributed by atoms with Crippen LogP contribution in [0.1, 0.15) is 15.9 Å². The van der Waals surface area contributed by atoms with Crippen molar-refractivity contribution in [2.75, 3.05) is 14.2 Å². The summed E-state index contributed by atoms with van der Waals surface area (Å²) in [5.41, 5.74) is 8.61. The molecule has 4 nitrogen and oxygen atoms in total. The molecule has 2 N–H and O–H groups in total. The van der Waals surface area contributed by atoms with E-state index in [9.17, 15) is 4.79 Å². The molecule has 0 heterocycles. The number of aryl methyl sites for hydroxylation is 1. The standard InChI is InChI=1S/C16H17NO3/c1-10-7-8-11(16(17)18)9-13(10)12-5-4-6-14(19-2)15(12)20-3/h4-9H,1-3H3,(H2,17,18). The van der Waals surface area contributed by atoms with Gasteiger partial charge in [0.1, 0.15) is 0 Å². The maximum Gasteiger partial charge on any atom is 0.248 e. The lowest BCUT2D eigenvalue weighted by Crippen LogP contribution is -2.11. The highest BCUT2D eigenvalue weighted by molar-refractivity contribution is 5.95. The third-order valence-corrected chi connectivity index (χ3v) is 3.22. The van der Waals surface area contributed by atoms with Crippen LogP contribution < -0.4 is 15.2 Å². The van der Waals surface area contributed by atoms with Gasteiger partial charge in [-0.05, 0) is 36.2 Å². The van der Waals surface area contributed by atoms with Crippen molar-refractivity contribution >= 4 is 5.91 Å². The molecule has 4 heteroatoms. The Balaban J connectivity index is 2.67. The van der Waals surface area contributed by atoms with Gasteiger partial charge in [0.15, 0.2) is 11.5 Å². The molecule has 0 aromatic heterocycles. The molecule has 0 radical (unpaired) electrons. The molecule has 104 valence electrons. The van der Waals surface area contributed by atoms with Crippen molar-refractivity contribution in [1.29, 1.82) is 0 Å². The molecule has 0 spiro atoms. The van der Waals surface area contributed by atoms with Crippen LogP contribution >= 0.6 is 0 Å². The van der Waals surface area contributed by atoms with Crippen molar-refractivity contribution in [2.24, 2.45) is 5.73 Å². The maximum absolute atomic E-state index is 11.3. The number of amides is 1. The van der Waals surface area contributed by atoms with Gasteiger partial charge in [-0.25, -0.2) is 0 Å². The van der Waals surface area contributed by atoms with Crippen LogP contribution in [-0.2, 0) is 0 Å². The minimum Gasteiger partial charge on any atom is -0.493 e. The second kappa shape index (κ2) is 5.65. The van der Waals surface area contributed by atoms with Gasteiger partial charge in [0.25, 0.3) is 0 Å². The molecule has 0 saturated heterocycles. The van der Waals surface area contributed by atoms with Crippen molar-refractivity contribution in [2.45, 2.75) is 6.92 Å². The molecule has 1 amide bonds. The van der Waals surface area contributed by atoms with Crippen LogP contribution in [0.4, 0.5) is 0 Å². The summed E-state index contributed by atoms with van der Waals surface area (Å²) < 4.78 is 10.7. The number of benzene rings is 2. The van der Waals surface area contributed by atoms with Gasteiger partial charge >= 0.3 is 0 Å². The first-order valence-electron chi connectivity index (χ1n) is 6.20. The average Bonchev–Trinajstić information content (AvgIpc) is 2.46. The summed E-state index contributed by atoms with van der Waals surface area (Å²) in [4.78, 5) is 11.3. The number of ether oxygens (including phenoxy) is 2. The number of carbonyl (C=O) groups is 1. The van der Waals surface area contributed by atoms with E-state index < -0.39 is 5.91 Å². The largest absolute Gasteiger partial charge is 0.493 e. The van der Waals surface area contributed by atoms with Gasteiger partial charge in [-0.15, -0.1) is 0 Å². The van der Waals surface area contributed by atoms with E-state index in [0.29, 0.717) is 17.1 Å². The lowest BCUT2D eigenvalue weighted by atomic mass is 9.97. The molecule has 0 atom stereocenters. The van der Waals surface area contributed by atoms with Crippen LogP contribution in [0, 0.1) is 6.92 Å². The second-order valence-electron chi connectivity index (χ2n) is 4.44. The molecular formula is C16H17NO3. The number of primary amides is 1. The normalized spacial score (nSPS) is 10.2. The zero-order valence-corrected chi connectivity index (χ0v) is 11.8. The van der Waals surface area contributed by atoms with Gasteiger partial charge < -0.3 is 15.2 Å². The van der Waals surface area contributed by atoms with Crippen molar-refractivity contribution in [3.63, 3.8) is 0 Å². The molecule has 0 bridgehead atoms. The third-order valence-electron chi connectivity index (χ3n) is 3.22. The Labute approximate surface area is 118 Å². The molecule has 0 unspecified atom stereocenters. The fourth-order valence-corrected chi connectivity index (χ4v) is 2.16. The van der Waals surface area contributed by atoms with Crippen LogP contribution in [-0.4, -0.2) is 20.1 Å². The minimum atomic E-state index is -0.451. The zero-order chi connectivity index (χ0) is 14.7. The van der Waals surface area contributed by atoms with Crippen LogP contribution in [0.2, 0.25) is 0 Å². The number of hydrogen-bond donors (Lipinski definition) is 1. The fourth-order valence-electron chi connectivity index (χ4n) is 2.16. The smallest absolute Gasteiger partial charge is 0.248 e. The molecule has 20 heavy (non-hydrogen) atoms. The van der Waals surface area contributed by atoms with Gasteiger partial charge in [-0.3, -0.25) is 4.79 Å². The molecule has 2 rings (SSSR count). The van der Waals surface area contributed by atoms with Gasteiger partial charge in [-0.2, -0.15) is 0 Å². The summed E-state index contributed by atoms with van der Waals surface area (Å²) >= 11 is 0. The van der Waals surface area contributed by atoms with E-state index >= 15 is 0 Å². The molecular weight excluding hydrogens is 254 g/mol. The summed E-state index contributed by atoms with van der Waals surface area (Å²) in [5, 5.41) is 0. The van der Waals surface area contributed by atoms with E-state index in [0.717, 1.165) is 16.7 Å². The molecule has 0 saturated carbocycles. The Bertz CT molecular complexity index is 650. The van der Waals surface area contributed by atoms with Crippen LogP contribution in [0.25, 0.3) is 11.1 Å². The molecule has 0 aliphatic carbocycles. The van der Waals surface area contributed by atoms with Gasteiger partial charge in [0, 0.05) is 11.1 Å². The average molecular weight is 271 g/mol. The topological polar surface area (TPSA) is 61.5 Å². The summed E-state index contributed by atoms with van der Waals surface area (Å²) in [7, 11) is 3.18. The van der Waals surface area contributed by atoms with Crippen LogP contribution in [0.15, 0.2) is 36.4 Å². The number of nitrogens with two attached hydrogens (primary N) is 1. The highest BCUT2D eigenvalue weighted by Crippen LogP contribution is 2.39. The Morgan fingerprint density at radius 3 is 2.40 bits per heavy atom. The summed E-state index contributed by atoms with van der Waals surface area (Å²) in [6.45, 7) is 1.97. The molecule has 2 aromatic rings. The van der Waals surface area contributed by atoms with E-state index in [2.05, 4.69) is 0 Å². The molecule has 2 aromatic carbocycles. The third kappa shape index (κ3) is 2.45. The number of para-hydroxylation sites is 1. The first-order valence-corrected chi connectivity index (χ1v) is 6.20. The van der Waals surface area contributed by atoms with Gasteiger partial charge in [0.05, 0.1) is 14.2 Å². The lowest BCUT2D eigenvalue weighted by molar-refractivity contribution is 0.100. The predicted octanol–water partition coefficient (Wildman–Crippen LogP) is 2.78. The highest BCUT2D eigenvalue weighted by atomic mass is 16.5. The summed E-state index contributed by atoms with van der Waals surface area (Å²) in [6, 6.07) is 11.0. The van der Waals surface area contributed by atoms with Gasteiger partial charge in [0.2, 0.25) is 5.91 Å². The number of carbonyl (C=O) groups excluding carboxylic acids is 1. The van der Waals surface area contributed by atoms with E-state index in [4.69, 9.17) is 15.2 Å². The maximum atomic E-state index is 11.3. The summed E-state index contributed by atoms with van der Waals surface area (Å²) in [5.74, 6) is 0.835. The lowest BCUT2D eigenvalue weighted by Gasteiger charge is -2.14. The Morgan fingerprint density at radius 2 is 1.80 bits per heavy atom. The van der Waals surface area contributed by atoms with Crippen LogP contribution in [0.3, 0.4) is 0 Å². The second-order valence-corrected chi connectivity index (χ2v) is 4.44. The SMILES string of the molecule is COc1cccc(-c2cc(C(N)=O)ccc2C)c1OC. The van der Waals surface area contributed by atoms with E-state index in [1.54, 1.807) is 26.4 Å². The number of methoxy groups -OCH3 is 2. The van der Waals surface area contributed by atoms with Gasteiger partial charge in [-0.1, -0.05) is 18.2 Å². The quantitative estimate of drug-likeness (QED) is 0.930. The zero-order valence-electron chi connectivity index (χ0n) is 11.8.